The van der Waals surface area contributed by atoms with E-state index in [4.69, 9.17) is 21.5 Å². The Kier molecular flexibility index (Phi) is 8.31. The van der Waals surface area contributed by atoms with Gasteiger partial charge >= 0.3 is 0 Å². The summed E-state index contributed by atoms with van der Waals surface area (Å²) in [5.74, 6) is 0.567. The van der Waals surface area contributed by atoms with Gasteiger partial charge in [-0.15, -0.1) is 11.8 Å². The summed E-state index contributed by atoms with van der Waals surface area (Å²) in [6, 6.07) is 12.2. The first-order valence-corrected chi connectivity index (χ1v) is 13.1. The van der Waals surface area contributed by atoms with Crippen molar-refractivity contribution in [2.24, 2.45) is 10.1 Å². The number of methoxy groups -OCH3 is 1. The minimum absolute atomic E-state index is 0.0252. The molecule has 2 N–H and O–H groups in total. The Hall–Kier alpha value is -1.69. The number of rotatable bonds is 9. The lowest BCUT2D eigenvalue weighted by atomic mass is 10.3. The number of hydrogen-bond acceptors (Lipinski definition) is 6. The number of primary sulfonamides is 1. The Morgan fingerprint density at radius 2 is 2.00 bits per heavy atom. The van der Waals surface area contributed by atoms with Gasteiger partial charge in [-0.2, -0.15) is 4.99 Å². The molecule has 0 unspecified atom stereocenters. The lowest BCUT2D eigenvalue weighted by Crippen LogP contribution is -2.19. The predicted molar refractivity (Wildman–Crippen MR) is 125 cm³/mol. The third-order valence-corrected chi connectivity index (χ3v) is 7.64. The third-order valence-electron chi connectivity index (χ3n) is 4.34. The van der Waals surface area contributed by atoms with Crippen LogP contribution < -0.4 is 9.94 Å². The zero-order valence-corrected chi connectivity index (χ0v) is 20.0. The summed E-state index contributed by atoms with van der Waals surface area (Å²) < 4.78 is 31.0. The van der Waals surface area contributed by atoms with Crippen molar-refractivity contribution in [1.82, 2.24) is 4.57 Å². The smallest absolute Gasteiger partial charge is 0.248 e. The highest BCUT2D eigenvalue weighted by atomic mass is 35.5. The molecule has 0 spiro atoms. The zero-order chi connectivity index (χ0) is 22.4. The Bertz CT molecular complexity index is 1230. The number of fused-ring (bicyclic) bond motifs is 1. The number of thiazole rings is 1. The number of amides is 1. The number of hydrogen-bond donors (Lipinski definition) is 1. The first kappa shape index (κ1) is 24.0. The molecule has 3 rings (SSSR count). The molecule has 3 aromatic rings. The molecule has 0 saturated heterocycles. The molecular weight excluding hydrogens is 478 g/mol. The number of sulfonamides is 1. The molecule has 0 aliphatic heterocycles. The molecular formula is C20H22ClN3O4S3. The van der Waals surface area contributed by atoms with Crippen LogP contribution in [-0.2, 0) is 26.1 Å². The van der Waals surface area contributed by atoms with E-state index < -0.39 is 10.0 Å². The fourth-order valence-electron chi connectivity index (χ4n) is 2.82. The molecule has 7 nitrogen and oxygen atoms in total. The number of ether oxygens (including phenoxy) is 1. The largest absolute Gasteiger partial charge is 0.383 e. The molecule has 0 bridgehead atoms. The van der Waals surface area contributed by atoms with Gasteiger partial charge in [-0.3, -0.25) is 4.79 Å². The number of benzene rings is 2. The highest BCUT2D eigenvalue weighted by Crippen LogP contribution is 2.22. The van der Waals surface area contributed by atoms with E-state index in [0.717, 1.165) is 16.2 Å². The molecule has 0 fully saturated rings. The standard InChI is InChI=1S/C20H22ClN3O4S3/c1-28-11-10-24-17-9-8-16(31(22,26)27)13-18(17)30-20(24)23-19(25)3-2-12-29-15-6-4-14(21)5-7-15/h4-9,13H,2-3,10-12H2,1H3,(H2,22,26,27). The maximum Gasteiger partial charge on any atom is 0.248 e. The van der Waals surface area contributed by atoms with Crippen LogP contribution in [0.1, 0.15) is 12.8 Å². The van der Waals surface area contributed by atoms with E-state index in [1.165, 1.54) is 23.5 Å². The Labute approximate surface area is 193 Å². The van der Waals surface area contributed by atoms with Crippen LogP contribution in [0.15, 0.2) is 57.2 Å². The van der Waals surface area contributed by atoms with Crippen molar-refractivity contribution in [3.8, 4) is 0 Å². The van der Waals surface area contributed by atoms with E-state index in [0.29, 0.717) is 40.5 Å². The van der Waals surface area contributed by atoms with Crippen LogP contribution >= 0.6 is 34.7 Å². The molecule has 1 aromatic heterocycles. The SMILES string of the molecule is COCCn1c(=NC(=O)CCCSc2ccc(Cl)cc2)sc2cc(S(N)(=O)=O)ccc21. The van der Waals surface area contributed by atoms with Crippen molar-refractivity contribution >= 4 is 60.8 Å². The van der Waals surface area contributed by atoms with E-state index >= 15 is 0 Å². The fourth-order valence-corrected chi connectivity index (χ4v) is 5.53. The van der Waals surface area contributed by atoms with E-state index in [9.17, 15) is 13.2 Å². The lowest BCUT2D eigenvalue weighted by Gasteiger charge is -2.05. The van der Waals surface area contributed by atoms with Gasteiger partial charge in [0.25, 0.3) is 0 Å². The Balaban J connectivity index is 1.75. The lowest BCUT2D eigenvalue weighted by molar-refractivity contribution is -0.118. The number of halogens is 1. The Morgan fingerprint density at radius 1 is 1.26 bits per heavy atom. The van der Waals surface area contributed by atoms with Crippen molar-refractivity contribution in [3.63, 3.8) is 0 Å². The van der Waals surface area contributed by atoms with Crippen molar-refractivity contribution in [1.29, 1.82) is 0 Å². The minimum Gasteiger partial charge on any atom is -0.383 e. The molecule has 2 aromatic carbocycles. The van der Waals surface area contributed by atoms with Gasteiger partial charge in [0, 0.05) is 30.0 Å². The number of aromatic nitrogens is 1. The molecule has 0 radical (unpaired) electrons. The number of carbonyl (C=O) groups is 1. The van der Waals surface area contributed by atoms with Crippen molar-refractivity contribution < 1.29 is 17.9 Å². The summed E-state index contributed by atoms with van der Waals surface area (Å²) >= 11 is 8.80. The monoisotopic (exact) mass is 499 g/mol. The summed E-state index contributed by atoms with van der Waals surface area (Å²) in [5.41, 5.74) is 0.777. The number of carbonyl (C=O) groups excluding carboxylic acids is 1. The number of nitrogens with zero attached hydrogens (tertiary/aromatic N) is 2. The maximum atomic E-state index is 12.5. The summed E-state index contributed by atoms with van der Waals surface area (Å²) in [5, 5.41) is 5.93. The molecule has 0 aliphatic carbocycles. The maximum absolute atomic E-state index is 12.5. The average Bonchev–Trinajstić information content (AvgIpc) is 3.06. The van der Waals surface area contributed by atoms with Crippen LogP contribution in [0.4, 0.5) is 0 Å². The highest BCUT2D eigenvalue weighted by Gasteiger charge is 2.13. The quantitative estimate of drug-likeness (QED) is 0.357. The van der Waals surface area contributed by atoms with E-state index in [-0.39, 0.29) is 10.8 Å². The zero-order valence-electron chi connectivity index (χ0n) is 16.8. The van der Waals surface area contributed by atoms with Gasteiger partial charge < -0.3 is 9.30 Å². The molecule has 166 valence electrons. The summed E-state index contributed by atoms with van der Waals surface area (Å²) in [4.78, 5) is 18.4. The number of thioether (sulfide) groups is 1. The van der Waals surface area contributed by atoms with Crippen LogP contribution in [0, 0.1) is 0 Å². The predicted octanol–water partition coefficient (Wildman–Crippen LogP) is 3.65. The molecule has 0 atom stereocenters. The van der Waals surface area contributed by atoms with E-state index in [1.54, 1.807) is 24.9 Å². The summed E-state index contributed by atoms with van der Waals surface area (Å²) in [6.45, 7) is 0.922. The van der Waals surface area contributed by atoms with Crippen molar-refractivity contribution in [2.45, 2.75) is 29.2 Å². The molecule has 11 heteroatoms. The third kappa shape index (κ3) is 6.64. The van der Waals surface area contributed by atoms with E-state index in [2.05, 4.69) is 4.99 Å². The van der Waals surface area contributed by atoms with Crippen LogP contribution in [0.5, 0.6) is 0 Å². The van der Waals surface area contributed by atoms with Gasteiger partial charge in [0.05, 0.1) is 21.7 Å². The van der Waals surface area contributed by atoms with Gasteiger partial charge in [-0.1, -0.05) is 22.9 Å². The second-order valence-corrected chi connectivity index (χ2v) is 10.8. The summed E-state index contributed by atoms with van der Waals surface area (Å²) in [6.07, 6.45) is 1.01. The van der Waals surface area contributed by atoms with Crippen molar-refractivity contribution in [2.75, 3.05) is 19.5 Å². The molecule has 0 aliphatic rings. The fraction of sp³-hybridized carbons (Fsp3) is 0.300. The van der Waals surface area contributed by atoms with Gasteiger partial charge in [0.15, 0.2) is 4.80 Å². The van der Waals surface area contributed by atoms with Gasteiger partial charge in [0.2, 0.25) is 15.9 Å². The first-order chi connectivity index (χ1) is 14.8. The minimum atomic E-state index is -3.81. The summed E-state index contributed by atoms with van der Waals surface area (Å²) in [7, 11) is -2.22. The molecule has 31 heavy (non-hydrogen) atoms. The van der Waals surface area contributed by atoms with Gasteiger partial charge in [-0.05, 0) is 54.6 Å². The Morgan fingerprint density at radius 3 is 2.68 bits per heavy atom. The van der Waals surface area contributed by atoms with Gasteiger partial charge in [-0.25, -0.2) is 13.6 Å². The second kappa shape index (κ2) is 10.8. The molecule has 0 saturated carbocycles. The average molecular weight is 500 g/mol. The van der Waals surface area contributed by atoms with Gasteiger partial charge in [0.1, 0.15) is 0 Å². The number of nitrogens with two attached hydrogens (primary N) is 1. The normalized spacial score (nSPS) is 12.5. The van der Waals surface area contributed by atoms with Crippen LogP contribution in [0.25, 0.3) is 10.2 Å². The highest BCUT2D eigenvalue weighted by molar-refractivity contribution is 7.99. The molecule has 1 amide bonds. The topological polar surface area (TPSA) is 104 Å². The van der Waals surface area contributed by atoms with E-state index in [1.807, 2.05) is 28.8 Å². The van der Waals surface area contributed by atoms with Crippen molar-refractivity contribution in [3.05, 3.63) is 52.3 Å². The van der Waals surface area contributed by atoms with Crippen LogP contribution in [-0.4, -0.2) is 38.4 Å². The second-order valence-electron chi connectivity index (χ2n) is 6.62. The van der Waals surface area contributed by atoms with Crippen LogP contribution in [0.3, 0.4) is 0 Å². The van der Waals surface area contributed by atoms with Crippen LogP contribution in [0.2, 0.25) is 5.02 Å². The first-order valence-electron chi connectivity index (χ1n) is 9.39. The molecule has 1 heterocycles.